The number of nitrogens with one attached hydrogen (secondary N) is 1. The highest BCUT2D eigenvalue weighted by atomic mass is 35.5. The highest BCUT2D eigenvalue weighted by Gasteiger charge is 2.18. The zero-order chi connectivity index (χ0) is 20.1. The van der Waals surface area contributed by atoms with Crippen molar-refractivity contribution in [2.75, 3.05) is 36.5 Å². The predicted octanol–water partition coefficient (Wildman–Crippen LogP) is 4.00. The number of anilines is 2. The molecule has 2 aromatic carbocycles. The van der Waals surface area contributed by atoms with E-state index in [1.807, 2.05) is 4.90 Å². The Morgan fingerprint density at radius 1 is 1.25 bits per heavy atom. The highest BCUT2D eigenvalue weighted by Crippen LogP contribution is 2.30. The fraction of sp³-hybridized carbons (Fsp3) is 0.200. The lowest BCUT2D eigenvalue weighted by Crippen LogP contribution is -2.36. The van der Waals surface area contributed by atoms with Crippen molar-refractivity contribution in [2.45, 2.75) is 0 Å². The molecule has 1 heterocycles. The van der Waals surface area contributed by atoms with Gasteiger partial charge in [0.15, 0.2) is 11.6 Å². The lowest BCUT2D eigenvalue weighted by Gasteiger charge is -2.30. The molecule has 0 saturated carbocycles. The number of hydrogen-bond donors (Lipinski definition) is 1. The topological polar surface area (TPSA) is 65.4 Å². The van der Waals surface area contributed by atoms with Gasteiger partial charge in [-0.1, -0.05) is 23.7 Å². The summed E-state index contributed by atoms with van der Waals surface area (Å²) in [6.45, 7) is 2.39. The van der Waals surface area contributed by atoms with Gasteiger partial charge in [-0.3, -0.25) is 4.79 Å². The van der Waals surface area contributed by atoms with E-state index in [9.17, 15) is 18.8 Å². The summed E-state index contributed by atoms with van der Waals surface area (Å²) < 4.78 is 32.6. The molecule has 1 fully saturated rings. The summed E-state index contributed by atoms with van der Waals surface area (Å²) in [7, 11) is 0. The summed E-state index contributed by atoms with van der Waals surface area (Å²) in [5.41, 5.74) is 0.596. The van der Waals surface area contributed by atoms with Gasteiger partial charge in [-0.15, -0.1) is 0 Å². The second-order valence-corrected chi connectivity index (χ2v) is 6.46. The van der Waals surface area contributed by atoms with Gasteiger partial charge in [0.1, 0.15) is 11.6 Å². The molecular formula is C20H16ClF2N3O2. The summed E-state index contributed by atoms with van der Waals surface area (Å²) in [6.07, 6.45) is 1.01. The molecule has 1 amide bonds. The number of amides is 1. The van der Waals surface area contributed by atoms with E-state index in [2.05, 4.69) is 5.32 Å². The van der Waals surface area contributed by atoms with Gasteiger partial charge in [0.25, 0.3) is 5.91 Å². The molecule has 28 heavy (non-hydrogen) atoms. The summed E-state index contributed by atoms with van der Waals surface area (Å²) in [5, 5.41) is 12.4. The van der Waals surface area contributed by atoms with Crippen LogP contribution in [0.4, 0.5) is 20.2 Å². The van der Waals surface area contributed by atoms with Crippen LogP contribution in [0, 0.1) is 23.0 Å². The number of benzene rings is 2. The van der Waals surface area contributed by atoms with Crippen molar-refractivity contribution in [3.05, 3.63) is 64.2 Å². The van der Waals surface area contributed by atoms with Crippen LogP contribution in [-0.4, -0.2) is 32.2 Å². The van der Waals surface area contributed by atoms with Crippen molar-refractivity contribution in [1.82, 2.24) is 0 Å². The molecule has 0 aliphatic carbocycles. The Morgan fingerprint density at radius 2 is 2.00 bits per heavy atom. The molecular weight excluding hydrogens is 388 g/mol. The number of nitriles is 1. The Kier molecular flexibility index (Phi) is 6.24. The standard InChI is InChI=1S/C20H16ClF2N3O2/c21-15-4-5-18(26-6-8-28-9-7-26)17(11-15)25-20(27)14(12-24)10-13-2-1-3-16(22)19(13)23/h1-5,10-11H,6-9H2,(H,25,27). The van der Waals surface area contributed by atoms with Crippen LogP contribution in [0.3, 0.4) is 0 Å². The lowest BCUT2D eigenvalue weighted by atomic mass is 10.1. The molecule has 0 spiro atoms. The molecule has 1 N–H and O–H groups in total. The Morgan fingerprint density at radius 3 is 2.71 bits per heavy atom. The molecule has 8 heteroatoms. The van der Waals surface area contributed by atoms with Gasteiger partial charge < -0.3 is 15.0 Å². The Bertz CT molecular complexity index is 966. The Balaban J connectivity index is 1.89. The minimum absolute atomic E-state index is 0.189. The number of rotatable bonds is 4. The molecule has 0 atom stereocenters. The minimum Gasteiger partial charge on any atom is -0.378 e. The van der Waals surface area contributed by atoms with E-state index in [1.165, 1.54) is 12.1 Å². The van der Waals surface area contributed by atoms with Crippen LogP contribution in [0.15, 0.2) is 42.0 Å². The van der Waals surface area contributed by atoms with Crippen molar-refractivity contribution >= 4 is 35.0 Å². The van der Waals surface area contributed by atoms with E-state index in [0.717, 1.165) is 17.8 Å². The van der Waals surface area contributed by atoms with Crippen LogP contribution in [0.5, 0.6) is 0 Å². The Labute approximate surface area is 165 Å². The number of nitrogens with zero attached hydrogens (tertiary/aromatic N) is 2. The van der Waals surface area contributed by atoms with Gasteiger partial charge in [-0.05, 0) is 30.3 Å². The number of carbonyl (C=O) groups is 1. The molecule has 0 bridgehead atoms. The number of halogens is 3. The first-order chi connectivity index (χ1) is 13.5. The largest absolute Gasteiger partial charge is 0.378 e. The van der Waals surface area contributed by atoms with Crippen molar-refractivity contribution in [3.63, 3.8) is 0 Å². The second kappa shape index (κ2) is 8.83. The number of morpholine rings is 1. The van der Waals surface area contributed by atoms with Gasteiger partial charge in [-0.2, -0.15) is 5.26 Å². The number of hydrogen-bond acceptors (Lipinski definition) is 4. The molecule has 1 aliphatic heterocycles. The van der Waals surface area contributed by atoms with Crippen molar-refractivity contribution < 1.29 is 18.3 Å². The SMILES string of the molecule is N#CC(=Cc1cccc(F)c1F)C(=O)Nc1cc(Cl)ccc1N1CCOCC1. The fourth-order valence-electron chi connectivity index (χ4n) is 2.81. The van der Waals surface area contributed by atoms with Crippen LogP contribution in [0.2, 0.25) is 5.02 Å². The van der Waals surface area contributed by atoms with Gasteiger partial charge >= 0.3 is 0 Å². The average molecular weight is 404 g/mol. The molecule has 144 valence electrons. The second-order valence-electron chi connectivity index (χ2n) is 6.03. The van der Waals surface area contributed by atoms with Crippen LogP contribution < -0.4 is 10.2 Å². The first-order valence-corrected chi connectivity index (χ1v) is 8.87. The summed E-state index contributed by atoms with van der Waals surface area (Å²) in [5.74, 6) is -2.93. The van der Waals surface area contributed by atoms with Gasteiger partial charge in [0, 0.05) is 23.7 Å². The molecule has 0 aromatic heterocycles. The highest BCUT2D eigenvalue weighted by molar-refractivity contribution is 6.31. The molecule has 1 saturated heterocycles. The van der Waals surface area contributed by atoms with Gasteiger partial charge in [0.05, 0.1) is 24.6 Å². The molecule has 3 rings (SSSR count). The molecule has 1 aliphatic rings. The maximum Gasteiger partial charge on any atom is 0.266 e. The van der Waals surface area contributed by atoms with Gasteiger partial charge in [-0.25, -0.2) is 8.78 Å². The number of carbonyl (C=O) groups excluding carboxylic acids is 1. The zero-order valence-electron chi connectivity index (χ0n) is 14.7. The summed E-state index contributed by atoms with van der Waals surface area (Å²) >= 11 is 6.06. The van der Waals surface area contributed by atoms with E-state index in [1.54, 1.807) is 24.3 Å². The normalized spacial score (nSPS) is 14.5. The van der Waals surface area contributed by atoms with Crippen molar-refractivity contribution in [1.29, 1.82) is 5.26 Å². The average Bonchev–Trinajstić information content (AvgIpc) is 2.70. The van der Waals surface area contributed by atoms with Crippen molar-refractivity contribution in [3.8, 4) is 6.07 Å². The third-order valence-corrected chi connectivity index (χ3v) is 4.44. The molecule has 0 radical (unpaired) electrons. The first-order valence-electron chi connectivity index (χ1n) is 8.49. The van der Waals surface area contributed by atoms with E-state index in [4.69, 9.17) is 16.3 Å². The maximum atomic E-state index is 13.9. The maximum absolute atomic E-state index is 13.9. The third-order valence-electron chi connectivity index (χ3n) is 4.20. The van der Waals surface area contributed by atoms with Crippen LogP contribution in [0.1, 0.15) is 5.56 Å². The van der Waals surface area contributed by atoms with Crippen LogP contribution in [0.25, 0.3) is 6.08 Å². The smallest absolute Gasteiger partial charge is 0.266 e. The van der Waals surface area contributed by atoms with E-state index in [0.29, 0.717) is 37.0 Å². The Hall–Kier alpha value is -2.95. The summed E-state index contributed by atoms with van der Waals surface area (Å²) in [6, 6.07) is 10.3. The minimum atomic E-state index is -1.13. The molecule has 5 nitrogen and oxygen atoms in total. The lowest BCUT2D eigenvalue weighted by molar-refractivity contribution is -0.112. The van der Waals surface area contributed by atoms with E-state index < -0.39 is 17.5 Å². The monoisotopic (exact) mass is 403 g/mol. The quantitative estimate of drug-likeness (QED) is 0.619. The molecule has 0 unspecified atom stereocenters. The predicted molar refractivity (Wildman–Crippen MR) is 103 cm³/mol. The van der Waals surface area contributed by atoms with E-state index >= 15 is 0 Å². The number of ether oxygens (including phenoxy) is 1. The van der Waals surface area contributed by atoms with E-state index in [-0.39, 0.29) is 11.1 Å². The fourth-order valence-corrected chi connectivity index (χ4v) is 2.99. The molecule has 2 aromatic rings. The van der Waals surface area contributed by atoms with Crippen LogP contribution >= 0.6 is 11.6 Å². The first kappa shape index (κ1) is 19.8. The van der Waals surface area contributed by atoms with Crippen molar-refractivity contribution in [2.24, 2.45) is 0 Å². The van der Waals surface area contributed by atoms with Crippen LogP contribution in [-0.2, 0) is 9.53 Å². The summed E-state index contributed by atoms with van der Waals surface area (Å²) in [4.78, 5) is 14.6. The third kappa shape index (κ3) is 4.47. The zero-order valence-corrected chi connectivity index (χ0v) is 15.5. The van der Waals surface area contributed by atoms with Gasteiger partial charge in [0.2, 0.25) is 0 Å².